The van der Waals surface area contributed by atoms with Crippen molar-refractivity contribution < 1.29 is 33.6 Å². The second kappa shape index (κ2) is 14.2. The number of quaternary nitrogens is 1. The minimum atomic E-state index is -0.598. The molecule has 0 radical (unpaired) electrons. The molecule has 2 aliphatic rings. The number of aromatic nitrogens is 2. The highest BCUT2D eigenvalue weighted by Gasteiger charge is 2.48. The van der Waals surface area contributed by atoms with Crippen LogP contribution in [0.2, 0.25) is 0 Å². The molecule has 234 valence electrons. The van der Waals surface area contributed by atoms with Gasteiger partial charge in [-0.3, -0.25) is 9.59 Å². The standard InChI is InChI=1S/C31H42F2N6O4/c1-5-43-30(42)27(17(2)3)38-31-36-15-19(16-37-31)14-35-29(41)28-23-7-6-20(23)8-9-39(28)26(40)13-22(34)11-21-12-24(32)18(4)10-25(21)33/h10,12,15-17,20,22-23,27-28H,5-9,11,13-14,34H2,1-4H3,(H,35,41)(H,36,37,38)/p+1/t20?,22?,23?,27?,28-/m0/s1. The molecule has 0 bridgehead atoms. The molecule has 4 unspecified atom stereocenters. The van der Waals surface area contributed by atoms with Crippen LogP contribution in [0.1, 0.15) is 63.1 Å². The number of esters is 1. The number of halogens is 2. The van der Waals surface area contributed by atoms with Crippen molar-refractivity contribution in [2.75, 3.05) is 18.5 Å². The number of nitrogens with one attached hydrogen (secondary N) is 2. The Morgan fingerprint density at radius 1 is 1.12 bits per heavy atom. The van der Waals surface area contributed by atoms with Gasteiger partial charge in [0.25, 0.3) is 0 Å². The van der Waals surface area contributed by atoms with Crippen molar-refractivity contribution in [2.24, 2.45) is 17.8 Å². The summed E-state index contributed by atoms with van der Waals surface area (Å²) in [6.07, 6.45) is 6.05. The molecule has 1 aromatic heterocycles. The molecule has 4 rings (SSSR count). The Balaban J connectivity index is 1.36. The molecule has 43 heavy (non-hydrogen) atoms. The van der Waals surface area contributed by atoms with Crippen LogP contribution in [-0.2, 0) is 32.1 Å². The maximum Gasteiger partial charge on any atom is 0.328 e. The number of aryl methyl sites for hydroxylation is 1. The first-order valence-electron chi connectivity index (χ1n) is 15.1. The lowest BCUT2D eigenvalue weighted by atomic mass is 9.65. The van der Waals surface area contributed by atoms with E-state index in [4.69, 9.17) is 4.74 Å². The van der Waals surface area contributed by atoms with Crippen molar-refractivity contribution >= 4 is 23.7 Å². The number of nitrogens with zero attached hydrogens (tertiary/aromatic N) is 3. The van der Waals surface area contributed by atoms with Crippen LogP contribution >= 0.6 is 0 Å². The molecule has 2 fully saturated rings. The number of carbonyl (C=O) groups is 3. The van der Waals surface area contributed by atoms with Crippen LogP contribution in [0.5, 0.6) is 0 Å². The van der Waals surface area contributed by atoms with Crippen molar-refractivity contribution in [3.63, 3.8) is 0 Å². The molecule has 1 aliphatic carbocycles. The van der Waals surface area contributed by atoms with E-state index < -0.39 is 29.8 Å². The highest BCUT2D eigenvalue weighted by Crippen LogP contribution is 2.44. The molecule has 1 aromatic carbocycles. The minimum absolute atomic E-state index is 0.0293. The summed E-state index contributed by atoms with van der Waals surface area (Å²) in [5.41, 5.74) is 5.11. The molecule has 0 spiro atoms. The van der Waals surface area contributed by atoms with Crippen molar-refractivity contribution in [2.45, 2.75) is 84.5 Å². The largest absolute Gasteiger partial charge is 0.464 e. The molecule has 2 heterocycles. The van der Waals surface area contributed by atoms with Gasteiger partial charge in [0.2, 0.25) is 17.8 Å². The number of benzene rings is 1. The van der Waals surface area contributed by atoms with Crippen molar-refractivity contribution in [1.29, 1.82) is 0 Å². The normalized spacial score (nSPS) is 20.9. The number of hydrogen-bond acceptors (Lipinski definition) is 7. The smallest absolute Gasteiger partial charge is 0.328 e. The second-order valence-electron chi connectivity index (χ2n) is 12.0. The summed E-state index contributed by atoms with van der Waals surface area (Å²) in [6.45, 7) is 7.96. The Hall–Kier alpha value is -3.67. The van der Waals surface area contributed by atoms with Gasteiger partial charge in [0.05, 0.1) is 19.1 Å². The molecule has 5 atom stereocenters. The van der Waals surface area contributed by atoms with E-state index in [9.17, 15) is 23.2 Å². The number of amides is 2. The van der Waals surface area contributed by atoms with Gasteiger partial charge in [-0.25, -0.2) is 23.5 Å². The zero-order valence-electron chi connectivity index (χ0n) is 25.4. The Bertz CT molecular complexity index is 1310. The first-order chi connectivity index (χ1) is 20.5. The summed E-state index contributed by atoms with van der Waals surface area (Å²) >= 11 is 0. The third-order valence-electron chi connectivity index (χ3n) is 8.51. The minimum Gasteiger partial charge on any atom is -0.464 e. The molecule has 10 nitrogen and oxygen atoms in total. The average Bonchev–Trinajstić information content (AvgIpc) is 2.94. The summed E-state index contributed by atoms with van der Waals surface area (Å²) in [7, 11) is 0. The monoisotopic (exact) mass is 601 g/mol. The van der Waals surface area contributed by atoms with Gasteiger partial charge in [-0.15, -0.1) is 0 Å². The third-order valence-corrected chi connectivity index (χ3v) is 8.51. The average molecular weight is 602 g/mol. The molecule has 2 aromatic rings. The number of ether oxygens (including phenoxy) is 1. The second-order valence-corrected chi connectivity index (χ2v) is 12.0. The SMILES string of the molecule is CCOC(=O)C(Nc1ncc(CNC(=O)[C@@H]2C3CCC3CCN2C(=O)CC([NH3+])Cc2cc(F)c(C)cc2F)cn1)C(C)C. The van der Waals surface area contributed by atoms with E-state index in [2.05, 4.69) is 26.3 Å². The van der Waals surface area contributed by atoms with Gasteiger partial charge in [-0.1, -0.05) is 13.8 Å². The highest BCUT2D eigenvalue weighted by atomic mass is 19.1. The summed E-state index contributed by atoms with van der Waals surface area (Å²) in [4.78, 5) is 49.4. The summed E-state index contributed by atoms with van der Waals surface area (Å²) in [6, 6.07) is 0.654. The fourth-order valence-electron chi connectivity index (χ4n) is 5.93. The number of hydrogen-bond donors (Lipinski definition) is 3. The lowest BCUT2D eigenvalue weighted by molar-refractivity contribution is -0.418. The van der Waals surface area contributed by atoms with Crippen LogP contribution < -0.4 is 16.4 Å². The number of fused-ring (bicyclic) bond motifs is 1. The number of carbonyl (C=O) groups excluding carboxylic acids is 3. The van der Waals surface area contributed by atoms with Crippen LogP contribution in [0.4, 0.5) is 14.7 Å². The number of anilines is 1. The van der Waals surface area contributed by atoms with E-state index in [0.717, 1.165) is 25.3 Å². The van der Waals surface area contributed by atoms with Crippen LogP contribution in [0.25, 0.3) is 0 Å². The maximum atomic E-state index is 14.4. The van der Waals surface area contributed by atoms with E-state index in [1.54, 1.807) is 24.2 Å². The van der Waals surface area contributed by atoms with Gasteiger partial charge >= 0.3 is 5.97 Å². The Morgan fingerprint density at radius 3 is 2.47 bits per heavy atom. The van der Waals surface area contributed by atoms with E-state index in [1.807, 2.05) is 13.8 Å². The summed E-state index contributed by atoms with van der Waals surface area (Å²) < 4.78 is 33.5. The number of likely N-dealkylation sites (tertiary alicyclic amines) is 1. The Kier molecular flexibility index (Phi) is 10.6. The number of rotatable bonds is 12. The van der Waals surface area contributed by atoms with Crippen LogP contribution in [0, 0.1) is 36.3 Å². The number of piperidine rings is 1. The van der Waals surface area contributed by atoms with Gasteiger partial charge in [0.1, 0.15) is 23.7 Å². The summed E-state index contributed by atoms with van der Waals surface area (Å²) in [5, 5.41) is 5.96. The van der Waals surface area contributed by atoms with Gasteiger partial charge in [0.15, 0.2) is 0 Å². The highest BCUT2D eigenvalue weighted by molar-refractivity contribution is 5.88. The topological polar surface area (TPSA) is 141 Å². The molecule has 1 saturated heterocycles. The zero-order valence-corrected chi connectivity index (χ0v) is 25.4. The quantitative estimate of drug-likeness (QED) is 0.318. The van der Waals surface area contributed by atoms with Crippen molar-refractivity contribution in [3.05, 3.63) is 52.9 Å². The van der Waals surface area contributed by atoms with Crippen LogP contribution in [0.15, 0.2) is 24.5 Å². The Morgan fingerprint density at radius 2 is 1.84 bits per heavy atom. The summed E-state index contributed by atoms with van der Waals surface area (Å²) in [5.74, 6) is -1.10. The first-order valence-corrected chi connectivity index (χ1v) is 15.1. The molecule has 2 amide bonds. The van der Waals surface area contributed by atoms with Crippen LogP contribution in [0.3, 0.4) is 0 Å². The van der Waals surface area contributed by atoms with E-state index >= 15 is 0 Å². The molecule has 1 saturated carbocycles. The molecule has 1 aliphatic heterocycles. The Labute approximate surface area is 251 Å². The lowest BCUT2D eigenvalue weighted by Gasteiger charge is -2.50. The van der Waals surface area contributed by atoms with E-state index in [1.165, 1.54) is 13.0 Å². The van der Waals surface area contributed by atoms with Gasteiger partial charge in [-0.05, 0) is 74.1 Å². The fraction of sp³-hybridized carbons (Fsp3) is 0.581. The molecule has 5 N–H and O–H groups in total. The predicted octanol–water partition coefficient (Wildman–Crippen LogP) is 2.55. The van der Waals surface area contributed by atoms with Gasteiger partial charge in [-0.2, -0.15) is 0 Å². The van der Waals surface area contributed by atoms with Gasteiger partial charge in [0, 0.05) is 37.5 Å². The van der Waals surface area contributed by atoms with Crippen molar-refractivity contribution in [1.82, 2.24) is 20.2 Å². The fourth-order valence-corrected chi connectivity index (χ4v) is 5.93. The molecule has 12 heteroatoms. The van der Waals surface area contributed by atoms with Crippen molar-refractivity contribution in [3.8, 4) is 0 Å². The van der Waals surface area contributed by atoms with Crippen LogP contribution in [-0.4, -0.2) is 63.9 Å². The predicted molar refractivity (Wildman–Crippen MR) is 155 cm³/mol. The first kappa shape index (κ1) is 32.2. The lowest BCUT2D eigenvalue weighted by Crippen LogP contribution is -2.65. The van der Waals surface area contributed by atoms with Gasteiger partial charge < -0.3 is 26.0 Å². The van der Waals surface area contributed by atoms with E-state index in [-0.39, 0.29) is 72.7 Å². The third kappa shape index (κ3) is 7.84. The zero-order chi connectivity index (χ0) is 31.3. The maximum absolute atomic E-state index is 14.4. The molecular weight excluding hydrogens is 558 g/mol. The van der Waals surface area contributed by atoms with E-state index in [0.29, 0.717) is 18.0 Å². The molecular formula is C31H43F2N6O4+.